The molecule has 3 nitrogen and oxygen atoms in total. The van der Waals surface area contributed by atoms with Gasteiger partial charge in [-0.05, 0) is 48.9 Å². The van der Waals surface area contributed by atoms with E-state index in [0.717, 1.165) is 34.7 Å². The Bertz CT molecular complexity index is 437. The monoisotopic (exact) mass is 299 g/mol. The maximum absolute atomic E-state index is 10.2. The smallest absolute Gasteiger partial charge is 0.122 e. The number of methoxy groups -OCH3 is 1. The van der Waals surface area contributed by atoms with Gasteiger partial charge >= 0.3 is 0 Å². The molecule has 0 amide bonds. The van der Waals surface area contributed by atoms with Crippen LogP contribution < -0.4 is 10.5 Å². The molecule has 0 aliphatic heterocycles. The molecule has 0 bridgehead atoms. The number of nitrogens with two attached hydrogens (primary N) is 1. The summed E-state index contributed by atoms with van der Waals surface area (Å²) in [6.45, 7) is 6.08. The van der Waals surface area contributed by atoms with Gasteiger partial charge in [0.15, 0.2) is 0 Å². The Morgan fingerprint density at radius 1 is 1.40 bits per heavy atom. The first-order chi connectivity index (χ1) is 9.40. The van der Waals surface area contributed by atoms with E-state index in [2.05, 4.69) is 13.8 Å². The summed E-state index contributed by atoms with van der Waals surface area (Å²) in [5, 5.41) is 10.9. The number of aliphatic hydroxyl groups excluding tert-OH is 1. The third-order valence-electron chi connectivity index (χ3n) is 3.75. The van der Waals surface area contributed by atoms with Crippen LogP contribution in [0.15, 0.2) is 12.1 Å². The van der Waals surface area contributed by atoms with Crippen LogP contribution in [0.1, 0.15) is 50.2 Å². The van der Waals surface area contributed by atoms with Crippen LogP contribution in [0, 0.1) is 6.92 Å². The minimum absolute atomic E-state index is 0.140. The summed E-state index contributed by atoms with van der Waals surface area (Å²) in [5.74, 6) is 0.955. The molecule has 1 aromatic carbocycles. The van der Waals surface area contributed by atoms with Crippen LogP contribution >= 0.6 is 11.6 Å². The van der Waals surface area contributed by atoms with Crippen LogP contribution in [-0.4, -0.2) is 24.4 Å². The molecule has 0 fully saturated rings. The third kappa shape index (κ3) is 4.37. The number of rotatable bonds is 7. The van der Waals surface area contributed by atoms with E-state index in [0.29, 0.717) is 6.42 Å². The molecule has 0 aliphatic carbocycles. The second-order valence-electron chi connectivity index (χ2n) is 5.50. The lowest BCUT2D eigenvalue weighted by molar-refractivity contribution is 0.124. The van der Waals surface area contributed by atoms with Gasteiger partial charge in [0, 0.05) is 11.1 Å². The van der Waals surface area contributed by atoms with Crippen molar-refractivity contribution in [2.75, 3.05) is 7.11 Å². The Morgan fingerprint density at radius 3 is 2.60 bits per heavy atom. The predicted molar refractivity (Wildman–Crippen MR) is 84.7 cm³/mol. The number of halogens is 1. The normalized spacial score (nSPS) is 15.8. The van der Waals surface area contributed by atoms with Crippen LogP contribution in [0.4, 0.5) is 0 Å². The van der Waals surface area contributed by atoms with Crippen LogP contribution in [0.2, 0.25) is 5.02 Å². The molecule has 0 saturated carbocycles. The van der Waals surface area contributed by atoms with Gasteiger partial charge in [-0.1, -0.05) is 31.9 Å². The first-order valence-corrected chi connectivity index (χ1v) is 7.56. The molecule has 0 spiro atoms. The second kappa shape index (κ2) is 7.87. The van der Waals surface area contributed by atoms with Crippen molar-refractivity contribution in [3.63, 3.8) is 0 Å². The van der Waals surface area contributed by atoms with Crippen molar-refractivity contribution in [3.8, 4) is 5.75 Å². The molecule has 0 radical (unpaired) electrons. The van der Waals surface area contributed by atoms with Crippen LogP contribution in [0.5, 0.6) is 5.75 Å². The fourth-order valence-electron chi connectivity index (χ4n) is 2.42. The van der Waals surface area contributed by atoms with E-state index in [4.69, 9.17) is 22.1 Å². The fraction of sp³-hybridized carbons (Fsp3) is 0.625. The number of benzene rings is 1. The summed E-state index contributed by atoms with van der Waals surface area (Å²) in [6, 6.07) is 3.69. The number of aryl methyl sites for hydroxylation is 1. The molecular weight excluding hydrogens is 274 g/mol. The van der Waals surface area contributed by atoms with Gasteiger partial charge in [-0.15, -0.1) is 0 Å². The molecular formula is C16H26ClNO2. The molecule has 1 rings (SSSR count). The highest BCUT2D eigenvalue weighted by atomic mass is 35.5. The van der Waals surface area contributed by atoms with Crippen molar-refractivity contribution >= 4 is 11.6 Å². The van der Waals surface area contributed by atoms with Crippen molar-refractivity contribution < 1.29 is 9.84 Å². The topological polar surface area (TPSA) is 55.5 Å². The van der Waals surface area contributed by atoms with Gasteiger partial charge in [-0.25, -0.2) is 0 Å². The van der Waals surface area contributed by atoms with Gasteiger partial charge in [0.1, 0.15) is 5.75 Å². The minimum Gasteiger partial charge on any atom is -0.496 e. The summed E-state index contributed by atoms with van der Waals surface area (Å²) in [4.78, 5) is 0. The highest BCUT2D eigenvalue weighted by molar-refractivity contribution is 6.31. The van der Waals surface area contributed by atoms with Gasteiger partial charge in [0.2, 0.25) is 0 Å². The van der Waals surface area contributed by atoms with Crippen molar-refractivity contribution in [3.05, 3.63) is 28.3 Å². The molecule has 1 aromatic rings. The Labute approximate surface area is 127 Å². The predicted octanol–water partition coefficient (Wildman–Crippen LogP) is 3.64. The summed E-state index contributed by atoms with van der Waals surface area (Å²) < 4.78 is 5.42. The molecule has 0 heterocycles. The molecule has 0 saturated heterocycles. The lowest BCUT2D eigenvalue weighted by Crippen LogP contribution is -2.35. The Hall–Kier alpha value is -0.770. The zero-order valence-corrected chi connectivity index (χ0v) is 13.6. The van der Waals surface area contributed by atoms with E-state index >= 15 is 0 Å². The Morgan fingerprint density at radius 2 is 2.05 bits per heavy atom. The molecule has 3 atom stereocenters. The molecule has 4 heteroatoms. The summed E-state index contributed by atoms with van der Waals surface area (Å²) >= 11 is 6.19. The average molecular weight is 300 g/mol. The van der Waals surface area contributed by atoms with E-state index in [-0.39, 0.29) is 12.0 Å². The zero-order chi connectivity index (χ0) is 15.3. The average Bonchev–Trinajstić information content (AvgIpc) is 2.41. The maximum Gasteiger partial charge on any atom is 0.122 e. The SMILES string of the molecule is CCCC(N)C(O)CC(C)c1cc(Cl)c(C)cc1OC. The van der Waals surface area contributed by atoms with Gasteiger partial charge in [-0.3, -0.25) is 0 Å². The lowest BCUT2D eigenvalue weighted by atomic mass is 9.90. The minimum atomic E-state index is -0.505. The van der Waals surface area contributed by atoms with E-state index in [1.165, 1.54) is 0 Å². The molecule has 3 unspecified atom stereocenters. The highest BCUT2D eigenvalue weighted by Gasteiger charge is 2.21. The molecule has 0 aromatic heterocycles. The first kappa shape index (κ1) is 17.3. The lowest BCUT2D eigenvalue weighted by Gasteiger charge is -2.23. The van der Waals surface area contributed by atoms with Crippen LogP contribution in [-0.2, 0) is 0 Å². The molecule has 20 heavy (non-hydrogen) atoms. The quantitative estimate of drug-likeness (QED) is 0.808. The first-order valence-electron chi connectivity index (χ1n) is 7.18. The standard InChI is InChI=1S/C16H26ClNO2/c1-5-6-14(18)15(19)7-10(2)12-9-13(17)11(3)8-16(12)20-4/h8-10,14-15,19H,5-7,18H2,1-4H3. The molecule has 0 aliphatic rings. The van der Waals surface area contributed by atoms with Crippen molar-refractivity contribution in [1.82, 2.24) is 0 Å². The van der Waals surface area contributed by atoms with Gasteiger partial charge in [0.25, 0.3) is 0 Å². The van der Waals surface area contributed by atoms with E-state index in [9.17, 15) is 5.11 Å². The molecule has 3 N–H and O–H groups in total. The van der Waals surface area contributed by atoms with Gasteiger partial charge < -0.3 is 15.6 Å². The number of hydrogen-bond donors (Lipinski definition) is 2. The summed E-state index contributed by atoms with van der Waals surface area (Å²) in [5.41, 5.74) is 7.98. The third-order valence-corrected chi connectivity index (χ3v) is 4.16. The highest BCUT2D eigenvalue weighted by Crippen LogP contribution is 2.34. The number of hydrogen-bond acceptors (Lipinski definition) is 3. The van der Waals surface area contributed by atoms with E-state index < -0.39 is 6.10 Å². The van der Waals surface area contributed by atoms with Crippen molar-refractivity contribution in [1.29, 1.82) is 0 Å². The van der Waals surface area contributed by atoms with E-state index in [1.807, 2.05) is 19.1 Å². The zero-order valence-electron chi connectivity index (χ0n) is 12.8. The van der Waals surface area contributed by atoms with Gasteiger partial charge in [0.05, 0.1) is 13.2 Å². The van der Waals surface area contributed by atoms with Crippen LogP contribution in [0.3, 0.4) is 0 Å². The Kier molecular flexibility index (Phi) is 6.80. The van der Waals surface area contributed by atoms with Crippen molar-refractivity contribution in [2.45, 2.75) is 58.1 Å². The summed E-state index contributed by atoms with van der Waals surface area (Å²) in [6.07, 6.45) is 1.91. The number of ether oxygens (including phenoxy) is 1. The molecule has 114 valence electrons. The van der Waals surface area contributed by atoms with E-state index in [1.54, 1.807) is 7.11 Å². The van der Waals surface area contributed by atoms with Gasteiger partial charge in [-0.2, -0.15) is 0 Å². The fourth-order valence-corrected chi connectivity index (χ4v) is 2.59. The second-order valence-corrected chi connectivity index (χ2v) is 5.91. The maximum atomic E-state index is 10.2. The summed E-state index contributed by atoms with van der Waals surface area (Å²) in [7, 11) is 1.65. The van der Waals surface area contributed by atoms with Crippen molar-refractivity contribution in [2.24, 2.45) is 5.73 Å². The Balaban J connectivity index is 2.86. The largest absolute Gasteiger partial charge is 0.496 e. The number of aliphatic hydroxyl groups is 1. The van der Waals surface area contributed by atoms with Crippen LogP contribution in [0.25, 0.3) is 0 Å².